The van der Waals surface area contributed by atoms with E-state index < -0.39 is 0 Å². The van der Waals surface area contributed by atoms with Crippen molar-refractivity contribution in [3.63, 3.8) is 0 Å². The van der Waals surface area contributed by atoms with Crippen molar-refractivity contribution in [2.24, 2.45) is 0 Å². The number of methoxy groups -OCH3 is 1. The second kappa shape index (κ2) is 7.82. The molecule has 0 aliphatic heterocycles. The van der Waals surface area contributed by atoms with Gasteiger partial charge in [-0.2, -0.15) is 0 Å². The second-order valence-corrected chi connectivity index (χ2v) is 5.50. The average molecular weight is 241 g/mol. The zero-order valence-corrected chi connectivity index (χ0v) is 11.5. The zero-order valence-electron chi connectivity index (χ0n) is 10.6. The van der Waals surface area contributed by atoms with Crippen LogP contribution < -0.4 is 5.32 Å². The molecule has 3 heteroatoms. The molecule has 0 aliphatic carbocycles. The normalized spacial score (nSPS) is 10.9. The Bertz CT molecular complexity index is 296. The maximum absolute atomic E-state index is 4.98. The summed E-state index contributed by atoms with van der Waals surface area (Å²) in [5.74, 6) is 0. The summed E-state index contributed by atoms with van der Waals surface area (Å²) in [5, 5.41) is 3.37. The quantitative estimate of drug-likeness (QED) is 0.707. The largest absolute Gasteiger partial charge is 0.383 e. The molecule has 1 rings (SSSR count). The van der Waals surface area contributed by atoms with Gasteiger partial charge in [0.1, 0.15) is 0 Å². The van der Waals surface area contributed by atoms with Gasteiger partial charge in [-0.15, -0.1) is 11.3 Å². The lowest BCUT2D eigenvalue weighted by atomic mass is 10.1. The lowest BCUT2D eigenvalue weighted by Crippen LogP contribution is -2.20. The Kier molecular flexibility index (Phi) is 6.69. The SMILES string of the molecule is COCCNCCCCc1sc(C)cc1C. The topological polar surface area (TPSA) is 21.3 Å². The minimum Gasteiger partial charge on any atom is -0.383 e. The third-order valence-corrected chi connectivity index (χ3v) is 3.85. The number of thiophene rings is 1. The molecule has 1 aromatic heterocycles. The molecule has 0 amide bonds. The zero-order chi connectivity index (χ0) is 11.8. The predicted molar refractivity (Wildman–Crippen MR) is 71.5 cm³/mol. The lowest BCUT2D eigenvalue weighted by molar-refractivity contribution is 0.199. The standard InChI is InChI=1S/C13H23NOS/c1-11-10-12(2)16-13(11)6-4-5-7-14-8-9-15-3/h10,14H,4-9H2,1-3H3. The maximum Gasteiger partial charge on any atom is 0.0587 e. The van der Waals surface area contributed by atoms with Crippen molar-refractivity contribution >= 4 is 11.3 Å². The monoisotopic (exact) mass is 241 g/mol. The van der Waals surface area contributed by atoms with Gasteiger partial charge in [-0.1, -0.05) is 0 Å². The predicted octanol–water partition coefficient (Wildman–Crippen LogP) is 2.92. The van der Waals surface area contributed by atoms with E-state index in [1.54, 1.807) is 12.0 Å². The summed E-state index contributed by atoms with van der Waals surface area (Å²) in [6.07, 6.45) is 3.76. The molecule has 0 fully saturated rings. The first-order chi connectivity index (χ1) is 7.74. The van der Waals surface area contributed by atoms with Crippen LogP contribution in [-0.2, 0) is 11.2 Å². The summed E-state index contributed by atoms with van der Waals surface area (Å²) in [6.45, 7) is 7.28. The van der Waals surface area contributed by atoms with Gasteiger partial charge >= 0.3 is 0 Å². The first kappa shape index (κ1) is 13.7. The van der Waals surface area contributed by atoms with Gasteiger partial charge in [0, 0.05) is 23.4 Å². The fourth-order valence-electron chi connectivity index (χ4n) is 1.77. The van der Waals surface area contributed by atoms with Gasteiger partial charge in [-0.3, -0.25) is 0 Å². The molecule has 0 bridgehead atoms. The van der Waals surface area contributed by atoms with Crippen LogP contribution in [0.1, 0.15) is 28.2 Å². The molecule has 1 aromatic rings. The number of rotatable bonds is 8. The lowest BCUT2D eigenvalue weighted by Gasteiger charge is -2.03. The maximum atomic E-state index is 4.98. The molecule has 0 radical (unpaired) electrons. The third-order valence-electron chi connectivity index (χ3n) is 2.63. The van der Waals surface area contributed by atoms with Crippen molar-refractivity contribution in [2.75, 3.05) is 26.8 Å². The minimum absolute atomic E-state index is 0.809. The molecule has 2 nitrogen and oxygen atoms in total. The summed E-state index contributed by atoms with van der Waals surface area (Å²) in [5.41, 5.74) is 1.47. The van der Waals surface area contributed by atoms with Gasteiger partial charge in [0.05, 0.1) is 6.61 Å². The van der Waals surface area contributed by atoms with E-state index in [0.717, 1.165) is 19.7 Å². The van der Waals surface area contributed by atoms with Crippen LogP contribution in [0.15, 0.2) is 6.07 Å². The van der Waals surface area contributed by atoms with E-state index >= 15 is 0 Å². The Morgan fingerprint density at radius 3 is 2.69 bits per heavy atom. The highest BCUT2D eigenvalue weighted by molar-refractivity contribution is 7.12. The highest BCUT2D eigenvalue weighted by Crippen LogP contribution is 2.22. The molecular formula is C13H23NOS. The molecule has 0 saturated carbocycles. The Morgan fingerprint density at radius 1 is 1.25 bits per heavy atom. The molecule has 1 N–H and O–H groups in total. The molecule has 16 heavy (non-hydrogen) atoms. The van der Waals surface area contributed by atoms with Gasteiger partial charge < -0.3 is 10.1 Å². The summed E-state index contributed by atoms with van der Waals surface area (Å²) in [4.78, 5) is 3.00. The Hall–Kier alpha value is -0.380. The first-order valence-electron chi connectivity index (χ1n) is 5.99. The smallest absolute Gasteiger partial charge is 0.0587 e. The van der Waals surface area contributed by atoms with Crippen molar-refractivity contribution in [1.29, 1.82) is 0 Å². The average Bonchev–Trinajstić information content (AvgIpc) is 2.56. The fraction of sp³-hybridized carbons (Fsp3) is 0.692. The van der Waals surface area contributed by atoms with E-state index in [1.807, 2.05) is 11.3 Å². The first-order valence-corrected chi connectivity index (χ1v) is 6.81. The number of aryl methyl sites for hydroxylation is 3. The van der Waals surface area contributed by atoms with E-state index in [4.69, 9.17) is 4.74 Å². The van der Waals surface area contributed by atoms with Crippen LogP contribution in [0.2, 0.25) is 0 Å². The van der Waals surface area contributed by atoms with Crippen molar-refractivity contribution in [3.05, 3.63) is 21.4 Å². The van der Waals surface area contributed by atoms with Crippen LogP contribution in [0.3, 0.4) is 0 Å². The molecular weight excluding hydrogens is 218 g/mol. The van der Waals surface area contributed by atoms with Crippen LogP contribution in [0, 0.1) is 13.8 Å². The van der Waals surface area contributed by atoms with Gasteiger partial charge in [0.25, 0.3) is 0 Å². The van der Waals surface area contributed by atoms with Crippen molar-refractivity contribution < 1.29 is 4.74 Å². The molecule has 92 valence electrons. The van der Waals surface area contributed by atoms with Crippen molar-refractivity contribution in [2.45, 2.75) is 33.1 Å². The molecule has 0 aromatic carbocycles. The highest BCUT2D eigenvalue weighted by atomic mass is 32.1. The molecule has 1 heterocycles. The molecule has 0 atom stereocenters. The van der Waals surface area contributed by atoms with Crippen LogP contribution >= 0.6 is 11.3 Å². The molecule has 0 saturated heterocycles. The molecule has 0 aliphatic rings. The molecule has 0 spiro atoms. The van der Waals surface area contributed by atoms with Crippen molar-refractivity contribution in [3.8, 4) is 0 Å². The Morgan fingerprint density at radius 2 is 2.06 bits per heavy atom. The van der Waals surface area contributed by atoms with Crippen molar-refractivity contribution in [1.82, 2.24) is 5.32 Å². The minimum atomic E-state index is 0.809. The van der Waals surface area contributed by atoms with Gasteiger partial charge in [0.15, 0.2) is 0 Å². The summed E-state index contributed by atoms with van der Waals surface area (Å²) >= 11 is 1.95. The van der Waals surface area contributed by atoms with E-state index in [9.17, 15) is 0 Å². The van der Waals surface area contributed by atoms with Crippen LogP contribution in [0.25, 0.3) is 0 Å². The van der Waals surface area contributed by atoms with Crippen LogP contribution in [-0.4, -0.2) is 26.8 Å². The van der Waals surface area contributed by atoms with E-state index in [0.29, 0.717) is 0 Å². The number of hydrogen-bond acceptors (Lipinski definition) is 3. The van der Waals surface area contributed by atoms with Gasteiger partial charge in [-0.25, -0.2) is 0 Å². The third kappa shape index (κ3) is 5.10. The van der Waals surface area contributed by atoms with Gasteiger partial charge in [0.2, 0.25) is 0 Å². The summed E-state index contributed by atoms with van der Waals surface area (Å²) < 4.78 is 4.98. The Balaban J connectivity index is 2.05. The fourth-order valence-corrected chi connectivity index (χ4v) is 2.86. The van der Waals surface area contributed by atoms with Gasteiger partial charge in [-0.05, 0) is 51.3 Å². The van der Waals surface area contributed by atoms with Crippen LogP contribution in [0.4, 0.5) is 0 Å². The van der Waals surface area contributed by atoms with E-state index in [1.165, 1.54) is 29.7 Å². The number of unbranched alkanes of at least 4 members (excludes halogenated alkanes) is 1. The number of nitrogens with one attached hydrogen (secondary N) is 1. The number of ether oxygens (including phenoxy) is 1. The second-order valence-electron chi connectivity index (χ2n) is 4.16. The summed E-state index contributed by atoms with van der Waals surface area (Å²) in [7, 11) is 1.74. The summed E-state index contributed by atoms with van der Waals surface area (Å²) in [6, 6.07) is 2.29. The van der Waals surface area contributed by atoms with Crippen LogP contribution in [0.5, 0.6) is 0 Å². The van der Waals surface area contributed by atoms with E-state index in [-0.39, 0.29) is 0 Å². The Labute approximate surface area is 103 Å². The van der Waals surface area contributed by atoms with E-state index in [2.05, 4.69) is 25.2 Å². The molecule has 0 unspecified atom stereocenters. The highest BCUT2D eigenvalue weighted by Gasteiger charge is 2.02. The number of hydrogen-bond donors (Lipinski definition) is 1.